The number of morpholine rings is 1. The number of carbonyl (C=O) groups excluding carboxylic acids is 3. The van der Waals surface area contributed by atoms with Gasteiger partial charge in [0, 0.05) is 24.6 Å². The summed E-state index contributed by atoms with van der Waals surface area (Å²) in [6.45, 7) is 1.87. The molecule has 0 radical (unpaired) electrons. The zero-order valence-electron chi connectivity index (χ0n) is 13.4. The van der Waals surface area contributed by atoms with Gasteiger partial charge in [0.05, 0.1) is 25.3 Å². The van der Waals surface area contributed by atoms with Crippen molar-refractivity contribution in [2.75, 3.05) is 46.5 Å². The smallest absolute Gasteiger partial charge is 0.260 e. The summed E-state index contributed by atoms with van der Waals surface area (Å²) in [6.07, 6.45) is 0.663. The molecule has 2 rings (SSSR count). The van der Waals surface area contributed by atoms with E-state index in [9.17, 15) is 14.4 Å². The number of aldehydes is 1. The Kier molecular flexibility index (Phi) is 6.74. The van der Waals surface area contributed by atoms with Crippen molar-refractivity contribution < 1.29 is 23.9 Å². The van der Waals surface area contributed by atoms with Crippen molar-refractivity contribution in [3.05, 3.63) is 28.2 Å². The Morgan fingerprint density at radius 3 is 2.75 bits per heavy atom. The number of hydrogen-bond donors (Lipinski definition) is 0. The van der Waals surface area contributed by atoms with Gasteiger partial charge in [0.1, 0.15) is 5.75 Å². The molecule has 1 saturated heterocycles. The first kappa shape index (κ1) is 18.4. The number of likely N-dealkylation sites (N-methyl/N-ethyl adjacent to an activating group) is 1. The lowest BCUT2D eigenvalue weighted by Gasteiger charge is -2.28. The molecule has 0 aromatic heterocycles. The van der Waals surface area contributed by atoms with Crippen molar-refractivity contribution in [2.45, 2.75) is 0 Å². The molecule has 1 aliphatic rings. The largest absolute Gasteiger partial charge is 0.483 e. The van der Waals surface area contributed by atoms with Gasteiger partial charge in [-0.1, -0.05) is 15.9 Å². The van der Waals surface area contributed by atoms with Gasteiger partial charge >= 0.3 is 0 Å². The summed E-state index contributed by atoms with van der Waals surface area (Å²) < 4.78 is 11.3. The first-order chi connectivity index (χ1) is 11.5. The number of ether oxygens (including phenoxy) is 2. The molecular formula is C16H19BrN2O5. The third kappa shape index (κ3) is 5.04. The maximum atomic E-state index is 12.1. The number of carbonyl (C=O) groups is 3. The summed E-state index contributed by atoms with van der Waals surface area (Å²) in [5.74, 6) is -0.128. The lowest BCUT2D eigenvalue weighted by Crippen LogP contribution is -2.46. The van der Waals surface area contributed by atoms with Gasteiger partial charge in [-0.25, -0.2) is 0 Å². The molecule has 0 unspecified atom stereocenters. The summed E-state index contributed by atoms with van der Waals surface area (Å²) in [6, 6.07) is 4.94. The Bertz CT molecular complexity index is 616. The zero-order chi connectivity index (χ0) is 17.5. The molecule has 0 aliphatic carbocycles. The molecule has 1 heterocycles. The minimum absolute atomic E-state index is 0.0108. The van der Waals surface area contributed by atoms with E-state index >= 15 is 0 Å². The predicted molar refractivity (Wildman–Crippen MR) is 90.1 cm³/mol. The average molecular weight is 399 g/mol. The number of benzene rings is 1. The van der Waals surface area contributed by atoms with E-state index in [2.05, 4.69) is 15.9 Å². The third-order valence-corrected chi connectivity index (χ3v) is 4.11. The highest BCUT2D eigenvalue weighted by atomic mass is 79.9. The van der Waals surface area contributed by atoms with Crippen LogP contribution in [0.2, 0.25) is 0 Å². The van der Waals surface area contributed by atoms with Crippen LogP contribution in [0.3, 0.4) is 0 Å². The Morgan fingerprint density at radius 1 is 1.38 bits per heavy atom. The van der Waals surface area contributed by atoms with Gasteiger partial charge in [-0.3, -0.25) is 14.4 Å². The molecule has 7 nitrogen and oxygen atoms in total. The molecule has 0 N–H and O–H groups in total. The van der Waals surface area contributed by atoms with Crippen LogP contribution in [0.25, 0.3) is 0 Å². The van der Waals surface area contributed by atoms with Crippen LogP contribution in [-0.2, 0) is 14.3 Å². The van der Waals surface area contributed by atoms with E-state index in [1.807, 2.05) is 0 Å². The molecule has 1 aromatic carbocycles. The number of nitrogens with zero attached hydrogens (tertiary/aromatic N) is 2. The summed E-state index contributed by atoms with van der Waals surface area (Å²) in [5.41, 5.74) is 0.351. The van der Waals surface area contributed by atoms with Gasteiger partial charge in [-0.15, -0.1) is 0 Å². The van der Waals surface area contributed by atoms with E-state index in [0.29, 0.717) is 43.9 Å². The van der Waals surface area contributed by atoms with Crippen LogP contribution in [-0.4, -0.2) is 74.4 Å². The first-order valence-electron chi connectivity index (χ1n) is 7.48. The predicted octanol–water partition coefficient (Wildman–Crippen LogP) is 0.958. The van der Waals surface area contributed by atoms with Gasteiger partial charge in [0.25, 0.3) is 5.91 Å². The topological polar surface area (TPSA) is 76.2 Å². The molecule has 0 saturated carbocycles. The van der Waals surface area contributed by atoms with Crippen molar-refractivity contribution in [2.24, 2.45) is 0 Å². The molecule has 1 aromatic rings. The Labute approximate surface area is 148 Å². The van der Waals surface area contributed by atoms with Crippen LogP contribution < -0.4 is 4.74 Å². The van der Waals surface area contributed by atoms with Gasteiger partial charge in [-0.2, -0.15) is 0 Å². The molecule has 1 fully saturated rings. The monoisotopic (exact) mass is 398 g/mol. The van der Waals surface area contributed by atoms with E-state index in [0.717, 1.165) is 4.47 Å². The van der Waals surface area contributed by atoms with Crippen LogP contribution in [0, 0.1) is 0 Å². The van der Waals surface area contributed by atoms with Crippen LogP contribution >= 0.6 is 15.9 Å². The minimum atomic E-state index is -0.337. The molecule has 2 amide bonds. The lowest BCUT2D eigenvalue weighted by molar-refractivity contribution is -0.142. The van der Waals surface area contributed by atoms with E-state index in [1.54, 1.807) is 30.1 Å². The summed E-state index contributed by atoms with van der Waals surface area (Å²) >= 11 is 3.26. The number of halogens is 1. The van der Waals surface area contributed by atoms with E-state index < -0.39 is 0 Å². The van der Waals surface area contributed by atoms with Crippen LogP contribution in [0.5, 0.6) is 5.75 Å². The minimum Gasteiger partial charge on any atom is -0.483 e. The van der Waals surface area contributed by atoms with Gasteiger partial charge < -0.3 is 19.3 Å². The number of amides is 2. The fraction of sp³-hybridized carbons (Fsp3) is 0.438. The summed E-state index contributed by atoms with van der Waals surface area (Å²) in [5, 5.41) is 0. The molecule has 8 heteroatoms. The highest BCUT2D eigenvalue weighted by molar-refractivity contribution is 9.10. The highest BCUT2D eigenvalue weighted by Gasteiger charge is 2.20. The highest BCUT2D eigenvalue weighted by Crippen LogP contribution is 2.21. The molecule has 130 valence electrons. The summed E-state index contributed by atoms with van der Waals surface area (Å²) in [7, 11) is 1.55. The molecule has 24 heavy (non-hydrogen) atoms. The maximum Gasteiger partial charge on any atom is 0.260 e. The van der Waals surface area contributed by atoms with Crippen molar-refractivity contribution in [3.8, 4) is 5.75 Å². The second kappa shape index (κ2) is 8.79. The maximum absolute atomic E-state index is 12.1. The molecule has 0 atom stereocenters. The molecule has 0 bridgehead atoms. The van der Waals surface area contributed by atoms with Crippen LogP contribution in [0.1, 0.15) is 10.4 Å². The van der Waals surface area contributed by atoms with Crippen LogP contribution in [0.15, 0.2) is 22.7 Å². The quantitative estimate of drug-likeness (QED) is 0.667. The third-order valence-electron chi connectivity index (χ3n) is 3.61. The fourth-order valence-corrected chi connectivity index (χ4v) is 2.58. The second-order valence-corrected chi connectivity index (χ2v) is 6.25. The van der Waals surface area contributed by atoms with Crippen molar-refractivity contribution in [3.63, 3.8) is 0 Å². The lowest BCUT2D eigenvalue weighted by atomic mass is 10.2. The Balaban J connectivity index is 1.85. The normalized spacial score (nSPS) is 14.2. The van der Waals surface area contributed by atoms with Gasteiger partial charge in [-0.05, 0) is 18.2 Å². The van der Waals surface area contributed by atoms with Crippen molar-refractivity contribution in [1.29, 1.82) is 0 Å². The summed E-state index contributed by atoms with van der Waals surface area (Å²) in [4.78, 5) is 38.2. The zero-order valence-corrected chi connectivity index (χ0v) is 15.0. The van der Waals surface area contributed by atoms with E-state index in [-0.39, 0.29) is 25.0 Å². The van der Waals surface area contributed by atoms with Gasteiger partial charge in [0.2, 0.25) is 5.91 Å². The van der Waals surface area contributed by atoms with Gasteiger partial charge in [0.15, 0.2) is 12.9 Å². The van der Waals surface area contributed by atoms with E-state index in [1.165, 1.54) is 4.90 Å². The van der Waals surface area contributed by atoms with Crippen LogP contribution in [0.4, 0.5) is 0 Å². The Hall–Kier alpha value is -1.93. The average Bonchev–Trinajstić information content (AvgIpc) is 2.60. The number of rotatable bonds is 6. The van der Waals surface area contributed by atoms with Crippen molar-refractivity contribution >= 4 is 34.0 Å². The first-order valence-corrected chi connectivity index (χ1v) is 8.27. The second-order valence-electron chi connectivity index (χ2n) is 5.33. The SMILES string of the molecule is CN(CC(=O)N1CCOCC1)C(=O)COc1ccc(Br)cc1C=O. The molecule has 1 aliphatic heterocycles. The fourth-order valence-electron chi connectivity index (χ4n) is 2.20. The van der Waals surface area contributed by atoms with Crippen molar-refractivity contribution in [1.82, 2.24) is 9.80 Å². The molecular weight excluding hydrogens is 380 g/mol. The standard InChI is InChI=1S/C16H19BrN2O5/c1-18(9-15(21)19-4-6-23-7-5-19)16(22)11-24-14-3-2-13(17)8-12(14)10-20/h2-3,8,10H,4-7,9,11H2,1H3. The van der Waals surface area contributed by atoms with E-state index in [4.69, 9.17) is 9.47 Å². The Morgan fingerprint density at radius 2 is 2.08 bits per heavy atom. The number of hydrogen-bond acceptors (Lipinski definition) is 5. The molecule has 0 spiro atoms.